The number of hydrogen-bond acceptors (Lipinski definition) is 4. The Labute approximate surface area is 141 Å². The molecule has 0 aliphatic rings. The minimum Gasteiger partial charge on any atom is -0.455 e. The SMILES string of the molecule is C=C(C)C(=O)OC(=C)C(=O)OCc1ccccc1-c1ccccc1. The van der Waals surface area contributed by atoms with E-state index in [2.05, 4.69) is 13.2 Å². The van der Waals surface area contributed by atoms with Gasteiger partial charge in [0.1, 0.15) is 6.61 Å². The van der Waals surface area contributed by atoms with Crippen molar-refractivity contribution in [2.24, 2.45) is 0 Å². The molecule has 0 saturated heterocycles. The number of rotatable bonds is 6. The van der Waals surface area contributed by atoms with Gasteiger partial charge in [0, 0.05) is 5.57 Å². The van der Waals surface area contributed by atoms with Crippen LogP contribution in [-0.4, -0.2) is 11.9 Å². The first-order chi connectivity index (χ1) is 11.5. The van der Waals surface area contributed by atoms with E-state index in [0.717, 1.165) is 16.7 Å². The monoisotopic (exact) mass is 322 g/mol. The summed E-state index contributed by atoms with van der Waals surface area (Å²) in [6, 6.07) is 17.4. The summed E-state index contributed by atoms with van der Waals surface area (Å²) < 4.78 is 9.96. The highest BCUT2D eigenvalue weighted by Crippen LogP contribution is 2.24. The lowest BCUT2D eigenvalue weighted by Gasteiger charge is -2.11. The molecule has 0 aliphatic heterocycles. The molecule has 4 heteroatoms. The molecule has 0 spiro atoms. The number of carbonyl (C=O) groups excluding carboxylic acids is 2. The first-order valence-electron chi connectivity index (χ1n) is 7.36. The Morgan fingerprint density at radius 2 is 1.54 bits per heavy atom. The van der Waals surface area contributed by atoms with Gasteiger partial charge in [-0.25, -0.2) is 9.59 Å². The van der Waals surface area contributed by atoms with Crippen molar-refractivity contribution < 1.29 is 19.1 Å². The maximum absolute atomic E-state index is 11.9. The summed E-state index contributed by atoms with van der Waals surface area (Å²) in [6.07, 6.45) is 0. The van der Waals surface area contributed by atoms with E-state index in [4.69, 9.17) is 9.47 Å². The summed E-state index contributed by atoms with van der Waals surface area (Å²) in [5.74, 6) is -1.85. The lowest BCUT2D eigenvalue weighted by molar-refractivity contribution is -0.150. The molecule has 0 radical (unpaired) electrons. The standard InChI is InChI=1S/C20H18O4/c1-14(2)19(21)24-15(3)20(22)23-13-17-11-7-8-12-18(17)16-9-5-4-6-10-16/h4-12H,1,3,13H2,2H3. The molecule has 2 aromatic rings. The van der Waals surface area contributed by atoms with Crippen LogP contribution in [0.25, 0.3) is 11.1 Å². The summed E-state index contributed by atoms with van der Waals surface area (Å²) in [5.41, 5.74) is 3.02. The molecule has 0 saturated carbocycles. The zero-order valence-electron chi connectivity index (χ0n) is 13.5. The second-order valence-electron chi connectivity index (χ2n) is 5.19. The highest BCUT2D eigenvalue weighted by Gasteiger charge is 2.16. The van der Waals surface area contributed by atoms with Crippen molar-refractivity contribution in [3.8, 4) is 11.1 Å². The van der Waals surface area contributed by atoms with Crippen LogP contribution in [0.15, 0.2) is 79.1 Å². The summed E-state index contributed by atoms with van der Waals surface area (Å²) in [5, 5.41) is 0. The minimum atomic E-state index is -0.785. The molecule has 0 N–H and O–H groups in total. The van der Waals surface area contributed by atoms with Gasteiger partial charge in [-0.05, 0) is 30.2 Å². The van der Waals surface area contributed by atoms with Crippen LogP contribution in [0.4, 0.5) is 0 Å². The third-order valence-corrected chi connectivity index (χ3v) is 3.25. The fraction of sp³-hybridized carbons (Fsp3) is 0.100. The molecule has 0 fully saturated rings. The molecular formula is C20H18O4. The zero-order valence-corrected chi connectivity index (χ0v) is 13.5. The third-order valence-electron chi connectivity index (χ3n) is 3.25. The predicted octanol–water partition coefficient (Wildman–Crippen LogP) is 4.03. The van der Waals surface area contributed by atoms with Crippen LogP contribution in [0.1, 0.15) is 12.5 Å². The third kappa shape index (κ3) is 4.43. The van der Waals surface area contributed by atoms with E-state index in [1.54, 1.807) is 0 Å². The molecule has 2 rings (SSSR count). The maximum Gasteiger partial charge on any atom is 0.374 e. The van der Waals surface area contributed by atoms with Gasteiger partial charge < -0.3 is 9.47 Å². The lowest BCUT2D eigenvalue weighted by atomic mass is 10.0. The van der Waals surface area contributed by atoms with Gasteiger partial charge in [0.05, 0.1) is 0 Å². The van der Waals surface area contributed by atoms with Crippen LogP contribution in [0.5, 0.6) is 0 Å². The predicted molar refractivity (Wildman–Crippen MR) is 91.7 cm³/mol. The van der Waals surface area contributed by atoms with Gasteiger partial charge in [0.15, 0.2) is 0 Å². The Morgan fingerprint density at radius 3 is 2.21 bits per heavy atom. The first-order valence-corrected chi connectivity index (χ1v) is 7.36. The lowest BCUT2D eigenvalue weighted by Crippen LogP contribution is -2.14. The maximum atomic E-state index is 11.9. The van der Waals surface area contributed by atoms with Crippen molar-refractivity contribution in [3.63, 3.8) is 0 Å². The molecule has 0 aliphatic carbocycles. The molecule has 0 unspecified atom stereocenters. The molecule has 0 aromatic heterocycles. The fourth-order valence-electron chi connectivity index (χ4n) is 2.01. The molecule has 0 atom stereocenters. The molecule has 0 amide bonds. The van der Waals surface area contributed by atoms with Crippen molar-refractivity contribution in [1.82, 2.24) is 0 Å². The summed E-state index contributed by atoms with van der Waals surface area (Å²) >= 11 is 0. The molecule has 24 heavy (non-hydrogen) atoms. The Kier molecular flexibility index (Phi) is 5.68. The second kappa shape index (κ2) is 7.92. The van der Waals surface area contributed by atoms with Crippen LogP contribution in [0.2, 0.25) is 0 Å². The Morgan fingerprint density at radius 1 is 0.917 bits per heavy atom. The van der Waals surface area contributed by atoms with Crippen molar-refractivity contribution >= 4 is 11.9 Å². The van der Waals surface area contributed by atoms with Crippen molar-refractivity contribution in [3.05, 3.63) is 84.7 Å². The average molecular weight is 322 g/mol. The molecule has 122 valence electrons. The van der Waals surface area contributed by atoms with Crippen LogP contribution < -0.4 is 0 Å². The van der Waals surface area contributed by atoms with Crippen LogP contribution in [0, 0.1) is 0 Å². The zero-order chi connectivity index (χ0) is 17.5. The fourth-order valence-corrected chi connectivity index (χ4v) is 2.01. The van der Waals surface area contributed by atoms with Crippen LogP contribution in [0.3, 0.4) is 0 Å². The van der Waals surface area contributed by atoms with E-state index in [1.807, 2.05) is 54.6 Å². The summed E-state index contributed by atoms with van der Waals surface area (Å²) in [4.78, 5) is 23.3. The van der Waals surface area contributed by atoms with Gasteiger partial charge in [-0.15, -0.1) is 0 Å². The highest BCUT2D eigenvalue weighted by atomic mass is 16.6. The first kappa shape index (κ1) is 17.2. The van der Waals surface area contributed by atoms with Crippen LogP contribution >= 0.6 is 0 Å². The van der Waals surface area contributed by atoms with E-state index in [0.29, 0.717) is 0 Å². The second-order valence-corrected chi connectivity index (χ2v) is 5.19. The van der Waals surface area contributed by atoms with E-state index >= 15 is 0 Å². The quantitative estimate of drug-likeness (QED) is 0.458. The topological polar surface area (TPSA) is 52.6 Å². The summed E-state index contributed by atoms with van der Waals surface area (Å²) in [7, 11) is 0. The van der Waals surface area contributed by atoms with Crippen molar-refractivity contribution in [2.45, 2.75) is 13.5 Å². The number of benzene rings is 2. The van der Waals surface area contributed by atoms with Crippen molar-refractivity contribution in [2.75, 3.05) is 0 Å². The normalized spacial score (nSPS) is 9.88. The molecule has 4 nitrogen and oxygen atoms in total. The van der Waals surface area contributed by atoms with E-state index in [1.165, 1.54) is 6.92 Å². The molecular weight excluding hydrogens is 304 g/mol. The van der Waals surface area contributed by atoms with Crippen LogP contribution in [-0.2, 0) is 25.7 Å². The number of hydrogen-bond donors (Lipinski definition) is 0. The molecule has 0 bridgehead atoms. The smallest absolute Gasteiger partial charge is 0.374 e. The van der Waals surface area contributed by atoms with E-state index in [-0.39, 0.29) is 17.9 Å². The Balaban J connectivity index is 2.05. The molecule has 2 aromatic carbocycles. The van der Waals surface area contributed by atoms with Gasteiger partial charge in [-0.1, -0.05) is 61.2 Å². The van der Waals surface area contributed by atoms with Gasteiger partial charge >= 0.3 is 11.9 Å². The minimum absolute atomic E-state index is 0.0491. The largest absolute Gasteiger partial charge is 0.455 e. The van der Waals surface area contributed by atoms with E-state index in [9.17, 15) is 9.59 Å². The van der Waals surface area contributed by atoms with Gasteiger partial charge in [0.2, 0.25) is 5.76 Å². The highest BCUT2D eigenvalue weighted by molar-refractivity contribution is 5.94. The Bertz CT molecular complexity index is 775. The van der Waals surface area contributed by atoms with Gasteiger partial charge in [-0.3, -0.25) is 0 Å². The number of carbonyl (C=O) groups is 2. The van der Waals surface area contributed by atoms with E-state index < -0.39 is 11.9 Å². The average Bonchev–Trinajstić information content (AvgIpc) is 2.60. The molecule has 0 heterocycles. The number of ether oxygens (including phenoxy) is 2. The van der Waals surface area contributed by atoms with Gasteiger partial charge in [-0.2, -0.15) is 0 Å². The van der Waals surface area contributed by atoms with Gasteiger partial charge in [0.25, 0.3) is 0 Å². The summed E-state index contributed by atoms with van der Waals surface area (Å²) in [6.45, 7) is 8.38. The Hall–Kier alpha value is -3.14. The van der Waals surface area contributed by atoms with Crippen molar-refractivity contribution in [1.29, 1.82) is 0 Å². The number of esters is 2.